The van der Waals surface area contributed by atoms with Crippen molar-refractivity contribution in [2.45, 2.75) is 85.5 Å². The molecular formula is C17H33N3O2. The minimum Gasteiger partial charge on any atom is -0.372 e. The highest BCUT2D eigenvalue weighted by molar-refractivity contribution is 6.39. The van der Waals surface area contributed by atoms with Crippen LogP contribution in [0.4, 0.5) is 0 Å². The van der Waals surface area contributed by atoms with Crippen LogP contribution in [0.3, 0.4) is 0 Å². The summed E-state index contributed by atoms with van der Waals surface area (Å²) in [7, 11) is 0. The van der Waals surface area contributed by atoms with Gasteiger partial charge in [0, 0.05) is 12.1 Å². The summed E-state index contributed by atoms with van der Waals surface area (Å²) in [6.07, 6.45) is 2.61. The van der Waals surface area contributed by atoms with Crippen LogP contribution >= 0.6 is 0 Å². The lowest BCUT2D eigenvalue weighted by atomic mass is 9.63. The van der Waals surface area contributed by atoms with Gasteiger partial charge in [0.15, 0.2) is 6.23 Å². The number of nitrogens with one attached hydrogen (secondary N) is 3. The van der Waals surface area contributed by atoms with Crippen molar-refractivity contribution >= 4 is 11.6 Å². The monoisotopic (exact) mass is 311 g/mol. The molecule has 22 heavy (non-hydrogen) atoms. The molecule has 0 heterocycles. The molecule has 0 aliphatic heterocycles. The van der Waals surface area contributed by atoms with E-state index in [1.54, 1.807) is 0 Å². The second-order valence-corrected chi connectivity index (χ2v) is 8.38. The van der Waals surface area contributed by atoms with E-state index in [4.69, 9.17) is 5.41 Å². The molecule has 0 saturated heterocycles. The van der Waals surface area contributed by atoms with Crippen LogP contribution in [0.2, 0.25) is 0 Å². The Labute approximate surface area is 134 Å². The highest BCUT2D eigenvalue weighted by atomic mass is 16.3. The molecule has 1 amide bonds. The van der Waals surface area contributed by atoms with E-state index in [1.165, 1.54) is 0 Å². The van der Waals surface area contributed by atoms with Crippen molar-refractivity contribution < 1.29 is 9.90 Å². The van der Waals surface area contributed by atoms with Crippen molar-refractivity contribution in [1.82, 2.24) is 10.6 Å². The fraction of sp³-hybridized carbons (Fsp3) is 0.882. The Morgan fingerprint density at radius 2 is 1.77 bits per heavy atom. The number of rotatable bonds is 6. The predicted molar refractivity (Wildman–Crippen MR) is 90.0 cm³/mol. The number of carbonyl (C=O) groups is 1. The lowest BCUT2D eigenvalue weighted by Gasteiger charge is -2.45. The molecule has 1 unspecified atom stereocenters. The lowest BCUT2D eigenvalue weighted by Crippen LogP contribution is -2.53. The van der Waals surface area contributed by atoms with Crippen LogP contribution in [-0.2, 0) is 4.79 Å². The molecule has 1 rings (SSSR count). The SMILES string of the molecule is CCC(C)NC(=O)C(=N)[C@H](O)NC1CC(C)(C)CC(C)(C)C1. The van der Waals surface area contributed by atoms with E-state index in [0.29, 0.717) is 0 Å². The maximum absolute atomic E-state index is 11.9. The van der Waals surface area contributed by atoms with Crippen LogP contribution in [0.1, 0.15) is 67.2 Å². The Bertz CT molecular complexity index is 402. The average molecular weight is 311 g/mol. The van der Waals surface area contributed by atoms with Gasteiger partial charge in [0.25, 0.3) is 5.91 Å². The number of amides is 1. The van der Waals surface area contributed by atoms with Gasteiger partial charge in [0.05, 0.1) is 0 Å². The molecule has 0 aromatic heterocycles. The van der Waals surface area contributed by atoms with E-state index in [1.807, 2.05) is 13.8 Å². The minimum absolute atomic E-state index is 0.00703. The van der Waals surface area contributed by atoms with Crippen LogP contribution in [-0.4, -0.2) is 35.0 Å². The summed E-state index contributed by atoms with van der Waals surface area (Å²) in [6, 6.07) is 0.123. The Balaban J connectivity index is 2.62. The fourth-order valence-electron chi connectivity index (χ4n) is 3.80. The molecular weight excluding hydrogens is 278 g/mol. The molecule has 0 bridgehead atoms. The average Bonchev–Trinajstić information content (AvgIpc) is 2.33. The Kier molecular flexibility index (Phi) is 6.16. The third kappa shape index (κ3) is 5.69. The first-order valence-corrected chi connectivity index (χ1v) is 8.29. The van der Waals surface area contributed by atoms with Gasteiger partial charge >= 0.3 is 0 Å². The predicted octanol–water partition coefficient (Wildman–Crippen LogP) is 2.43. The quantitative estimate of drug-likeness (QED) is 0.449. The smallest absolute Gasteiger partial charge is 0.269 e. The standard InChI is InChI=1S/C17H33N3O2/c1-7-11(2)19-14(21)13(18)15(22)20-12-8-16(3,4)10-17(5,6)9-12/h11-12,15,18,20,22H,7-10H2,1-6H3,(H,19,21)/t11?,15-/m0/s1. The van der Waals surface area contributed by atoms with Crippen LogP contribution in [0.25, 0.3) is 0 Å². The van der Waals surface area contributed by atoms with E-state index in [2.05, 4.69) is 38.3 Å². The number of aliphatic hydroxyl groups excluding tert-OH is 1. The van der Waals surface area contributed by atoms with Crippen molar-refractivity contribution in [3.63, 3.8) is 0 Å². The molecule has 0 aromatic rings. The van der Waals surface area contributed by atoms with Gasteiger partial charge in [-0.1, -0.05) is 34.6 Å². The maximum Gasteiger partial charge on any atom is 0.269 e. The molecule has 1 saturated carbocycles. The summed E-state index contributed by atoms with van der Waals surface area (Å²) >= 11 is 0. The summed E-state index contributed by atoms with van der Waals surface area (Å²) in [6.45, 7) is 12.8. The fourth-order valence-corrected chi connectivity index (χ4v) is 3.80. The van der Waals surface area contributed by atoms with Gasteiger partial charge < -0.3 is 10.4 Å². The first-order valence-electron chi connectivity index (χ1n) is 8.29. The summed E-state index contributed by atoms with van der Waals surface area (Å²) in [5, 5.41) is 23.8. The zero-order valence-electron chi connectivity index (χ0n) is 14.9. The van der Waals surface area contributed by atoms with E-state index in [0.717, 1.165) is 25.7 Å². The molecule has 128 valence electrons. The molecule has 1 fully saturated rings. The largest absolute Gasteiger partial charge is 0.372 e. The van der Waals surface area contributed by atoms with Gasteiger partial charge in [-0.3, -0.25) is 15.5 Å². The van der Waals surface area contributed by atoms with Gasteiger partial charge in [-0.2, -0.15) is 0 Å². The van der Waals surface area contributed by atoms with Crippen molar-refractivity contribution in [2.75, 3.05) is 0 Å². The van der Waals surface area contributed by atoms with E-state index in [9.17, 15) is 9.90 Å². The molecule has 1 aliphatic carbocycles. The summed E-state index contributed by atoms with van der Waals surface area (Å²) in [5.74, 6) is -0.497. The Morgan fingerprint density at radius 3 is 2.23 bits per heavy atom. The van der Waals surface area contributed by atoms with E-state index < -0.39 is 12.1 Å². The second-order valence-electron chi connectivity index (χ2n) is 8.38. The van der Waals surface area contributed by atoms with E-state index >= 15 is 0 Å². The highest BCUT2D eigenvalue weighted by Crippen LogP contribution is 2.45. The second kappa shape index (κ2) is 7.09. The molecule has 0 spiro atoms. The van der Waals surface area contributed by atoms with Crippen LogP contribution in [0, 0.1) is 16.2 Å². The Morgan fingerprint density at radius 1 is 1.27 bits per heavy atom. The molecule has 1 aliphatic rings. The first kappa shape index (κ1) is 19.1. The summed E-state index contributed by atoms with van der Waals surface area (Å²) < 4.78 is 0. The first-order chi connectivity index (χ1) is 9.96. The third-order valence-electron chi connectivity index (χ3n) is 4.46. The molecule has 5 heteroatoms. The number of hydrogen-bond donors (Lipinski definition) is 4. The molecule has 4 N–H and O–H groups in total. The maximum atomic E-state index is 11.9. The molecule has 5 nitrogen and oxygen atoms in total. The zero-order chi connectivity index (χ0) is 17.1. The van der Waals surface area contributed by atoms with Crippen molar-refractivity contribution in [2.24, 2.45) is 10.8 Å². The lowest BCUT2D eigenvalue weighted by molar-refractivity contribution is -0.116. The van der Waals surface area contributed by atoms with Crippen LogP contribution in [0.5, 0.6) is 0 Å². The van der Waals surface area contributed by atoms with Crippen LogP contribution < -0.4 is 10.6 Å². The minimum atomic E-state index is -1.21. The summed E-state index contributed by atoms with van der Waals surface area (Å²) in [4.78, 5) is 11.9. The van der Waals surface area contributed by atoms with Gasteiger partial charge in [-0.15, -0.1) is 0 Å². The third-order valence-corrected chi connectivity index (χ3v) is 4.46. The van der Waals surface area contributed by atoms with Crippen molar-refractivity contribution in [3.05, 3.63) is 0 Å². The molecule has 2 atom stereocenters. The number of hydrogen-bond acceptors (Lipinski definition) is 4. The number of aliphatic hydroxyl groups is 1. The summed E-state index contributed by atoms with van der Waals surface area (Å²) in [5.41, 5.74) is 0.0853. The van der Waals surface area contributed by atoms with Crippen LogP contribution in [0.15, 0.2) is 0 Å². The normalized spacial score (nSPS) is 23.6. The van der Waals surface area contributed by atoms with Gasteiger partial charge in [0.2, 0.25) is 0 Å². The highest BCUT2D eigenvalue weighted by Gasteiger charge is 2.39. The van der Waals surface area contributed by atoms with Crippen molar-refractivity contribution in [1.29, 1.82) is 5.41 Å². The van der Waals surface area contributed by atoms with Crippen molar-refractivity contribution in [3.8, 4) is 0 Å². The topological polar surface area (TPSA) is 85.2 Å². The molecule has 0 aromatic carbocycles. The number of carbonyl (C=O) groups excluding carboxylic acids is 1. The van der Waals surface area contributed by atoms with Gasteiger partial charge in [-0.25, -0.2) is 0 Å². The Hall–Kier alpha value is -0.940. The van der Waals surface area contributed by atoms with Gasteiger partial charge in [-0.05, 0) is 43.4 Å². The van der Waals surface area contributed by atoms with E-state index in [-0.39, 0.29) is 28.6 Å². The molecule has 0 radical (unpaired) electrons. The zero-order valence-corrected chi connectivity index (χ0v) is 14.9. The van der Waals surface area contributed by atoms with Gasteiger partial charge in [0.1, 0.15) is 5.71 Å².